The number of aliphatic hydroxyl groups is 1. The van der Waals surface area contributed by atoms with Crippen LogP contribution in [0.3, 0.4) is 0 Å². The van der Waals surface area contributed by atoms with Crippen LogP contribution in [0.5, 0.6) is 0 Å². The highest BCUT2D eigenvalue weighted by Gasteiger charge is 2.08. The molecule has 7 heteroatoms. The molecule has 0 fully saturated rings. The van der Waals surface area contributed by atoms with Gasteiger partial charge in [0, 0.05) is 26.4 Å². The van der Waals surface area contributed by atoms with Gasteiger partial charge in [0.25, 0.3) is 0 Å². The van der Waals surface area contributed by atoms with E-state index < -0.39 is 6.10 Å². The highest BCUT2D eigenvalue weighted by Crippen LogP contribution is 2.04. The maximum absolute atomic E-state index is 9.46. The molecule has 0 bridgehead atoms. The number of nitrogens with two attached hydrogens (primary N) is 1. The number of aliphatic hydroxyl groups excluding tert-OH is 1. The molecule has 0 aliphatic carbocycles. The predicted molar refractivity (Wildman–Crippen MR) is 66.3 cm³/mol. The first-order valence-corrected chi connectivity index (χ1v) is 5.48. The van der Waals surface area contributed by atoms with Crippen molar-refractivity contribution in [3.05, 3.63) is 29.6 Å². The summed E-state index contributed by atoms with van der Waals surface area (Å²) in [4.78, 5) is 4.04. The fraction of sp³-hybridized carbons (Fsp3) is 0.455. The lowest BCUT2D eigenvalue weighted by atomic mass is 10.2. The molecule has 1 unspecified atom stereocenters. The normalized spacial score (nSPS) is 13.6. The van der Waals surface area contributed by atoms with Gasteiger partial charge in [0.15, 0.2) is 5.84 Å². The van der Waals surface area contributed by atoms with Gasteiger partial charge in [-0.05, 0) is 11.6 Å². The molecule has 1 aromatic heterocycles. The van der Waals surface area contributed by atoms with E-state index in [-0.39, 0.29) is 12.4 Å². The first-order chi connectivity index (χ1) is 8.69. The van der Waals surface area contributed by atoms with Crippen LogP contribution in [-0.2, 0) is 11.3 Å². The summed E-state index contributed by atoms with van der Waals surface area (Å²) in [6.45, 7) is 1.12. The number of pyridine rings is 1. The summed E-state index contributed by atoms with van der Waals surface area (Å²) in [5.74, 6) is -0.0372. The number of ether oxygens (including phenoxy) is 1. The molecule has 1 heterocycles. The van der Waals surface area contributed by atoms with E-state index in [0.717, 1.165) is 5.56 Å². The molecule has 1 aromatic rings. The van der Waals surface area contributed by atoms with Crippen LogP contribution in [0.4, 0.5) is 0 Å². The maximum atomic E-state index is 9.46. The average molecular weight is 254 g/mol. The molecule has 1 atom stereocenters. The number of hydrogen-bond acceptors (Lipinski definition) is 6. The molecule has 0 aliphatic heterocycles. The minimum Gasteiger partial charge on any atom is -0.409 e. The number of aromatic nitrogens is 1. The number of rotatable bonds is 7. The molecular formula is C11H18N4O3. The molecule has 0 spiro atoms. The second-order valence-electron chi connectivity index (χ2n) is 3.74. The summed E-state index contributed by atoms with van der Waals surface area (Å²) in [6.07, 6.45) is 0.996. The van der Waals surface area contributed by atoms with Crippen molar-refractivity contribution in [1.82, 2.24) is 10.3 Å². The van der Waals surface area contributed by atoms with Gasteiger partial charge in [0.05, 0.1) is 12.7 Å². The Labute approximate surface area is 105 Å². The molecule has 18 heavy (non-hydrogen) atoms. The lowest BCUT2D eigenvalue weighted by Crippen LogP contribution is -2.30. The predicted octanol–water partition coefficient (Wildman–Crippen LogP) is -0.727. The second kappa shape index (κ2) is 7.59. The van der Waals surface area contributed by atoms with Gasteiger partial charge in [-0.25, -0.2) is 0 Å². The van der Waals surface area contributed by atoms with Crippen LogP contribution in [-0.4, -0.2) is 47.5 Å². The van der Waals surface area contributed by atoms with Crippen molar-refractivity contribution in [3.63, 3.8) is 0 Å². The Balaban J connectivity index is 2.57. The third-order valence-electron chi connectivity index (χ3n) is 2.30. The average Bonchev–Trinajstić information content (AvgIpc) is 2.39. The van der Waals surface area contributed by atoms with Gasteiger partial charge in [-0.3, -0.25) is 4.98 Å². The minimum atomic E-state index is -0.570. The number of oxime groups is 1. The fourth-order valence-electron chi connectivity index (χ4n) is 1.48. The molecule has 0 aromatic carbocycles. The van der Waals surface area contributed by atoms with Crippen molar-refractivity contribution in [2.75, 3.05) is 20.3 Å². The highest BCUT2D eigenvalue weighted by molar-refractivity contribution is 5.96. The molecule has 0 saturated carbocycles. The van der Waals surface area contributed by atoms with Crippen LogP contribution in [0, 0.1) is 0 Å². The Morgan fingerprint density at radius 2 is 2.44 bits per heavy atom. The lowest BCUT2D eigenvalue weighted by molar-refractivity contribution is 0.0644. The molecular weight excluding hydrogens is 236 g/mol. The third-order valence-corrected chi connectivity index (χ3v) is 2.30. The summed E-state index contributed by atoms with van der Waals surface area (Å²) in [6, 6.07) is 3.58. The second-order valence-corrected chi connectivity index (χ2v) is 3.74. The van der Waals surface area contributed by atoms with Crippen LogP contribution < -0.4 is 11.1 Å². The van der Waals surface area contributed by atoms with E-state index >= 15 is 0 Å². The zero-order valence-electron chi connectivity index (χ0n) is 10.2. The highest BCUT2D eigenvalue weighted by atomic mass is 16.5. The fourth-order valence-corrected chi connectivity index (χ4v) is 1.48. The summed E-state index contributed by atoms with van der Waals surface area (Å²) in [5, 5.41) is 24.1. The smallest absolute Gasteiger partial charge is 0.189 e. The third kappa shape index (κ3) is 4.28. The van der Waals surface area contributed by atoms with Gasteiger partial charge in [0.2, 0.25) is 0 Å². The van der Waals surface area contributed by atoms with Gasteiger partial charge >= 0.3 is 0 Å². The summed E-state index contributed by atoms with van der Waals surface area (Å²) in [5.41, 5.74) is 6.73. The van der Waals surface area contributed by atoms with Crippen molar-refractivity contribution in [1.29, 1.82) is 0 Å². The topological polar surface area (TPSA) is 113 Å². The van der Waals surface area contributed by atoms with E-state index in [9.17, 15) is 5.11 Å². The summed E-state index contributed by atoms with van der Waals surface area (Å²) >= 11 is 0. The van der Waals surface area contributed by atoms with Gasteiger partial charge < -0.3 is 26.1 Å². The molecule has 0 amide bonds. The molecule has 5 N–H and O–H groups in total. The summed E-state index contributed by atoms with van der Waals surface area (Å²) in [7, 11) is 1.53. The van der Waals surface area contributed by atoms with E-state index in [1.807, 2.05) is 6.07 Å². The van der Waals surface area contributed by atoms with Crippen LogP contribution in [0.25, 0.3) is 0 Å². The number of amidine groups is 1. The van der Waals surface area contributed by atoms with Gasteiger partial charge in [-0.1, -0.05) is 11.2 Å². The van der Waals surface area contributed by atoms with Gasteiger partial charge in [-0.15, -0.1) is 0 Å². The van der Waals surface area contributed by atoms with Crippen LogP contribution in [0.2, 0.25) is 0 Å². The van der Waals surface area contributed by atoms with Crippen molar-refractivity contribution >= 4 is 5.84 Å². The Bertz CT molecular complexity index is 398. The molecule has 0 saturated heterocycles. The van der Waals surface area contributed by atoms with E-state index in [4.69, 9.17) is 15.7 Å². The molecule has 1 rings (SSSR count). The standard InChI is InChI=1S/C11H18N4O3/c1-18-7-9(16)6-13-5-8-3-2-4-14-10(8)11(12)15-17/h2-4,9,13,16-17H,5-7H2,1H3,(H2,12,15). The van der Waals surface area contributed by atoms with E-state index in [0.29, 0.717) is 18.8 Å². The van der Waals surface area contributed by atoms with Crippen molar-refractivity contribution < 1.29 is 15.1 Å². The molecule has 0 radical (unpaired) electrons. The van der Waals surface area contributed by atoms with Crippen LogP contribution >= 0.6 is 0 Å². The number of nitrogens with zero attached hydrogens (tertiary/aromatic N) is 2. The minimum absolute atomic E-state index is 0.0372. The zero-order chi connectivity index (χ0) is 13.4. The van der Waals surface area contributed by atoms with Gasteiger partial charge in [0.1, 0.15) is 5.69 Å². The van der Waals surface area contributed by atoms with E-state index in [1.165, 1.54) is 7.11 Å². The number of methoxy groups -OCH3 is 1. The number of nitrogens with one attached hydrogen (secondary N) is 1. The van der Waals surface area contributed by atoms with Crippen LogP contribution in [0.15, 0.2) is 23.5 Å². The van der Waals surface area contributed by atoms with Gasteiger partial charge in [-0.2, -0.15) is 0 Å². The Kier molecular flexibility index (Phi) is 6.06. The lowest BCUT2D eigenvalue weighted by Gasteiger charge is -2.12. The quantitative estimate of drug-likeness (QED) is 0.221. The van der Waals surface area contributed by atoms with Crippen molar-refractivity contribution in [3.8, 4) is 0 Å². The first-order valence-electron chi connectivity index (χ1n) is 5.48. The molecule has 100 valence electrons. The van der Waals surface area contributed by atoms with E-state index in [2.05, 4.69) is 15.5 Å². The van der Waals surface area contributed by atoms with Crippen molar-refractivity contribution in [2.24, 2.45) is 10.9 Å². The zero-order valence-corrected chi connectivity index (χ0v) is 10.2. The van der Waals surface area contributed by atoms with Crippen LogP contribution in [0.1, 0.15) is 11.3 Å². The van der Waals surface area contributed by atoms with Crippen molar-refractivity contribution in [2.45, 2.75) is 12.6 Å². The largest absolute Gasteiger partial charge is 0.409 e. The monoisotopic (exact) mass is 254 g/mol. The summed E-state index contributed by atoms with van der Waals surface area (Å²) < 4.78 is 4.81. The van der Waals surface area contributed by atoms with E-state index in [1.54, 1.807) is 12.3 Å². The Morgan fingerprint density at radius 3 is 3.11 bits per heavy atom. The Morgan fingerprint density at radius 1 is 1.67 bits per heavy atom. The molecule has 7 nitrogen and oxygen atoms in total. The Hall–Kier alpha value is -1.70. The SMILES string of the molecule is COCC(O)CNCc1cccnc1C(N)=NO. The first kappa shape index (κ1) is 14.4. The molecule has 0 aliphatic rings. The number of hydrogen-bond donors (Lipinski definition) is 4. The maximum Gasteiger partial charge on any atom is 0.189 e.